The molecule has 11 heteroatoms. The number of carboxylic acid groups (broad SMARTS) is 1. The molecule has 1 rings (SSSR count). The molecule has 1 aromatic rings. The molecule has 0 bridgehead atoms. The number of carboxylic acids is 1. The standard InChI is InChI=1S/C14H17F4N3O4/c1-8(11(22)23)6-21(2)13(24)20-9-3-4-19-10(5-9)25-7-14(17,18)12(15)16/h3-5,8,12H,6-7H2,1-2H3,(H,22,23)(H,19,20,24). The molecule has 1 atom stereocenters. The highest BCUT2D eigenvalue weighted by Gasteiger charge is 2.41. The average Bonchev–Trinajstić information content (AvgIpc) is 2.53. The minimum atomic E-state index is -4.33. The number of hydrogen-bond donors (Lipinski definition) is 2. The second-order valence-electron chi connectivity index (χ2n) is 5.28. The molecule has 1 unspecified atom stereocenters. The summed E-state index contributed by atoms with van der Waals surface area (Å²) in [6.07, 6.45) is -2.74. The van der Waals surface area contributed by atoms with Gasteiger partial charge in [-0.1, -0.05) is 6.92 Å². The maximum absolute atomic E-state index is 12.8. The van der Waals surface area contributed by atoms with Crippen LogP contribution in [0, 0.1) is 5.92 Å². The van der Waals surface area contributed by atoms with Crippen molar-refractivity contribution >= 4 is 17.7 Å². The summed E-state index contributed by atoms with van der Waals surface area (Å²) in [5.41, 5.74) is 0.116. The molecule has 0 saturated heterocycles. The second-order valence-corrected chi connectivity index (χ2v) is 5.28. The van der Waals surface area contributed by atoms with Gasteiger partial charge in [0.15, 0.2) is 6.61 Å². The Hall–Kier alpha value is -2.59. The molecule has 1 aromatic heterocycles. The Balaban J connectivity index is 2.66. The summed E-state index contributed by atoms with van der Waals surface area (Å²) < 4.78 is 54.3. The van der Waals surface area contributed by atoms with Crippen LogP contribution in [0.4, 0.5) is 28.0 Å². The summed E-state index contributed by atoms with van der Waals surface area (Å²) >= 11 is 0. The first-order valence-electron chi connectivity index (χ1n) is 7.02. The van der Waals surface area contributed by atoms with Crippen molar-refractivity contribution in [1.82, 2.24) is 9.88 Å². The third kappa shape index (κ3) is 6.43. The third-order valence-corrected chi connectivity index (χ3v) is 3.03. The lowest BCUT2D eigenvalue weighted by atomic mass is 10.2. The number of alkyl halides is 4. The quantitative estimate of drug-likeness (QED) is 0.689. The highest BCUT2D eigenvalue weighted by atomic mass is 19.3. The minimum Gasteiger partial charge on any atom is -0.481 e. The van der Waals surface area contributed by atoms with Crippen molar-refractivity contribution in [2.75, 3.05) is 25.5 Å². The van der Waals surface area contributed by atoms with Crippen LogP contribution in [0.3, 0.4) is 0 Å². The number of amides is 2. The molecule has 0 fully saturated rings. The van der Waals surface area contributed by atoms with E-state index in [2.05, 4.69) is 15.0 Å². The van der Waals surface area contributed by atoms with Crippen LogP contribution < -0.4 is 10.1 Å². The van der Waals surface area contributed by atoms with Crippen LogP contribution in [-0.2, 0) is 4.79 Å². The van der Waals surface area contributed by atoms with Gasteiger partial charge in [-0.3, -0.25) is 4.79 Å². The van der Waals surface area contributed by atoms with Gasteiger partial charge in [0, 0.05) is 31.5 Å². The van der Waals surface area contributed by atoms with Gasteiger partial charge in [0.2, 0.25) is 5.88 Å². The monoisotopic (exact) mass is 367 g/mol. The van der Waals surface area contributed by atoms with Crippen LogP contribution in [0.25, 0.3) is 0 Å². The highest BCUT2D eigenvalue weighted by Crippen LogP contribution is 2.24. The lowest BCUT2D eigenvalue weighted by molar-refractivity contribution is -0.148. The fourth-order valence-electron chi connectivity index (χ4n) is 1.59. The molecule has 1 heterocycles. The molecule has 140 valence electrons. The van der Waals surface area contributed by atoms with Gasteiger partial charge in [0.1, 0.15) is 0 Å². The number of nitrogens with one attached hydrogen (secondary N) is 1. The normalized spacial score (nSPS) is 12.6. The van der Waals surface area contributed by atoms with Gasteiger partial charge in [-0.25, -0.2) is 18.6 Å². The molecule has 7 nitrogen and oxygen atoms in total. The van der Waals surface area contributed by atoms with Gasteiger partial charge in [-0.05, 0) is 6.07 Å². The lowest BCUT2D eigenvalue weighted by Gasteiger charge is -2.20. The lowest BCUT2D eigenvalue weighted by Crippen LogP contribution is -2.36. The van der Waals surface area contributed by atoms with Gasteiger partial charge < -0.3 is 20.1 Å². The average molecular weight is 367 g/mol. The Kier molecular flexibility index (Phi) is 6.95. The Bertz CT molecular complexity index is 615. The van der Waals surface area contributed by atoms with Crippen LogP contribution in [0.5, 0.6) is 5.88 Å². The third-order valence-electron chi connectivity index (χ3n) is 3.03. The van der Waals surface area contributed by atoms with Crippen molar-refractivity contribution in [3.05, 3.63) is 18.3 Å². The van der Waals surface area contributed by atoms with E-state index in [0.29, 0.717) is 0 Å². The number of urea groups is 1. The zero-order valence-electron chi connectivity index (χ0n) is 13.4. The summed E-state index contributed by atoms with van der Waals surface area (Å²) in [7, 11) is 1.37. The number of carbonyl (C=O) groups is 2. The Morgan fingerprint density at radius 2 is 2.08 bits per heavy atom. The van der Waals surface area contributed by atoms with Gasteiger partial charge >= 0.3 is 24.3 Å². The van der Waals surface area contributed by atoms with E-state index in [1.807, 2.05) is 0 Å². The van der Waals surface area contributed by atoms with Gasteiger partial charge in [0.05, 0.1) is 5.92 Å². The zero-order chi connectivity index (χ0) is 19.2. The molecule has 0 aliphatic rings. The van der Waals surface area contributed by atoms with Gasteiger partial charge in [0.25, 0.3) is 0 Å². The Morgan fingerprint density at radius 3 is 2.64 bits per heavy atom. The highest BCUT2D eigenvalue weighted by molar-refractivity contribution is 5.89. The fraction of sp³-hybridized carbons (Fsp3) is 0.500. The first-order valence-corrected chi connectivity index (χ1v) is 7.02. The maximum Gasteiger partial charge on any atom is 0.340 e. The van der Waals surface area contributed by atoms with E-state index in [4.69, 9.17) is 5.11 Å². The van der Waals surface area contributed by atoms with E-state index < -0.39 is 36.9 Å². The first-order chi connectivity index (χ1) is 11.5. The molecule has 2 N–H and O–H groups in total. The van der Waals surface area contributed by atoms with Crippen molar-refractivity contribution in [1.29, 1.82) is 0 Å². The summed E-state index contributed by atoms with van der Waals surface area (Å²) in [5, 5.41) is 11.2. The Morgan fingerprint density at radius 1 is 1.44 bits per heavy atom. The molecular weight excluding hydrogens is 350 g/mol. The number of ether oxygens (including phenoxy) is 1. The van der Waals surface area contributed by atoms with Crippen LogP contribution in [0.15, 0.2) is 18.3 Å². The van der Waals surface area contributed by atoms with Gasteiger partial charge in [-0.2, -0.15) is 8.78 Å². The Labute approximate surface area is 140 Å². The number of nitrogens with zero attached hydrogens (tertiary/aromatic N) is 2. The van der Waals surface area contributed by atoms with E-state index in [9.17, 15) is 27.2 Å². The molecule has 25 heavy (non-hydrogen) atoms. The van der Waals surface area contributed by atoms with Crippen molar-refractivity contribution in [3.8, 4) is 5.88 Å². The topological polar surface area (TPSA) is 91.8 Å². The van der Waals surface area contributed by atoms with E-state index in [1.54, 1.807) is 0 Å². The van der Waals surface area contributed by atoms with Crippen molar-refractivity contribution < 1.29 is 37.0 Å². The molecule has 0 aliphatic heterocycles. The van der Waals surface area contributed by atoms with Crippen LogP contribution in [-0.4, -0.2) is 59.5 Å². The number of aliphatic carboxylic acids is 1. The maximum atomic E-state index is 12.8. The summed E-state index contributed by atoms with van der Waals surface area (Å²) in [6, 6.07) is 1.75. The number of aromatic nitrogens is 1. The summed E-state index contributed by atoms with van der Waals surface area (Å²) in [5.74, 6) is -6.56. The van der Waals surface area contributed by atoms with Gasteiger partial charge in [-0.15, -0.1) is 0 Å². The predicted molar refractivity (Wildman–Crippen MR) is 79.1 cm³/mol. The number of pyridine rings is 1. The smallest absolute Gasteiger partial charge is 0.340 e. The summed E-state index contributed by atoms with van der Waals surface area (Å²) in [6.45, 7) is -0.199. The van der Waals surface area contributed by atoms with E-state index in [0.717, 1.165) is 17.2 Å². The molecular formula is C14H17F4N3O4. The molecule has 0 spiro atoms. The SMILES string of the molecule is CC(CN(C)C(=O)Nc1ccnc(OCC(F)(F)C(F)F)c1)C(=O)O. The number of hydrogen-bond acceptors (Lipinski definition) is 4. The second kappa shape index (κ2) is 8.49. The molecule has 0 aromatic carbocycles. The van der Waals surface area contributed by atoms with Crippen molar-refractivity contribution in [3.63, 3.8) is 0 Å². The predicted octanol–water partition coefficient (Wildman–Crippen LogP) is 2.55. The summed E-state index contributed by atoms with van der Waals surface area (Å²) in [4.78, 5) is 27.4. The first kappa shape index (κ1) is 20.5. The zero-order valence-corrected chi connectivity index (χ0v) is 13.4. The van der Waals surface area contributed by atoms with Crippen LogP contribution in [0.1, 0.15) is 6.92 Å². The molecule has 0 radical (unpaired) electrons. The minimum absolute atomic E-state index is 0.0593. The van der Waals surface area contributed by atoms with Crippen LogP contribution in [0.2, 0.25) is 0 Å². The number of halogens is 4. The largest absolute Gasteiger partial charge is 0.481 e. The number of anilines is 1. The number of carbonyl (C=O) groups excluding carboxylic acids is 1. The van der Waals surface area contributed by atoms with E-state index in [-0.39, 0.29) is 18.1 Å². The van der Waals surface area contributed by atoms with Crippen molar-refractivity contribution in [2.45, 2.75) is 19.3 Å². The number of rotatable bonds is 8. The van der Waals surface area contributed by atoms with Crippen molar-refractivity contribution in [2.24, 2.45) is 5.92 Å². The molecule has 2 amide bonds. The van der Waals surface area contributed by atoms with Crippen LogP contribution >= 0.6 is 0 Å². The van der Waals surface area contributed by atoms with E-state index >= 15 is 0 Å². The molecule has 0 saturated carbocycles. The fourth-order valence-corrected chi connectivity index (χ4v) is 1.59. The molecule has 0 aliphatic carbocycles. The van der Waals surface area contributed by atoms with E-state index in [1.165, 1.54) is 20.0 Å².